The van der Waals surface area contributed by atoms with Gasteiger partial charge in [0.1, 0.15) is 6.61 Å². The molecule has 19 heavy (non-hydrogen) atoms. The van der Waals surface area contributed by atoms with Crippen LogP contribution in [0.25, 0.3) is 0 Å². The Kier molecular flexibility index (Phi) is 4.18. The summed E-state index contributed by atoms with van der Waals surface area (Å²) in [5.74, 6) is -0.502. The quantitative estimate of drug-likeness (QED) is 0.612. The summed E-state index contributed by atoms with van der Waals surface area (Å²) in [5, 5.41) is 0. The van der Waals surface area contributed by atoms with Crippen molar-refractivity contribution in [3.8, 4) is 0 Å². The Bertz CT molecular complexity index is 483. The lowest BCUT2D eigenvalue weighted by Crippen LogP contribution is -2.30. The largest absolute Gasteiger partial charge is 0.466 e. The van der Waals surface area contributed by atoms with Crippen LogP contribution in [0.15, 0.2) is 42.6 Å². The maximum atomic E-state index is 11.6. The Labute approximate surface area is 111 Å². The highest BCUT2D eigenvalue weighted by Gasteiger charge is 2.31. The summed E-state index contributed by atoms with van der Waals surface area (Å²) in [4.78, 5) is 24.0. The second kappa shape index (κ2) is 6.04. The lowest BCUT2D eigenvalue weighted by atomic mass is 10.1. The average Bonchev–Trinajstić information content (AvgIpc) is 2.78. The zero-order valence-electron chi connectivity index (χ0n) is 10.6. The molecular weight excluding hydrogens is 246 g/mol. The maximum Gasteiger partial charge on any atom is 0.414 e. The first-order valence-electron chi connectivity index (χ1n) is 5.96. The molecular formula is C14H15NO4. The monoisotopic (exact) mass is 261 g/mol. The van der Waals surface area contributed by atoms with Gasteiger partial charge in [-0.2, -0.15) is 0 Å². The number of rotatable bonds is 4. The van der Waals surface area contributed by atoms with Crippen LogP contribution in [-0.4, -0.2) is 36.7 Å². The predicted octanol–water partition coefficient (Wildman–Crippen LogP) is 1.74. The molecule has 5 heteroatoms. The molecule has 100 valence electrons. The lowest BCUT2D eigenvalue weighted by Gasteiger charge is -2.16. The third-order valence-corrected chi connectivity index (χ3v) is 2.89. The molecule has 2 rings (SSSR count). The van der Waals surface area contributed by atoms with Crippen LogP contribution in [-0.2, 0) is 20.7 Å². The predicted molar refractivity (Wildman–Crippen MR) is 68.3 cm³/mol. The van der Waals surface area contributed by atoms with Gasteiger partial charge in [-0.1, -0.05) is 30.3 Å². The van der Waals surface area contributed by atoms with E-state index in [1.165, 1.54) is 24.3 Å². The van der Waals surface area contributed by atoms with Crippen LogP contribution < -0.4 is 0 Å². The molecule has 1 saturated heterocycles. The van der Waals surface area contributed by atoms with Crippen molar-refractivity contribution in [1.29, 1.82) is 0 Å². The van der Waals surface area contributed by atoms with Gasteiger partial charge in [0.2, 0.25) is 0 Å². The maximum absolute atomic E-state index is 11.6. The van der Waals surface area contributed by atoms with Crippen molar-refractivity contribution in [2.45, 2.75) is 12.5 Å². The molecule has 0 bridgehead atoms. The third kappa shape index (κ3) is 3.34. The molecule has 0 spiro atoms. The highest BCUT2D eigenvalue weighted by molar-refractivity contribution is 5.82. The summed E-state index contributed by atoms with van der Waals surface area (Å²) in [6.07, 6.45) is 2.86. The molecule has 0 aromatic heterocycles. The first kappa shape index (κ1) is 13.1. The number of hydrogen-bond donors (Lipinski definition) is 0. The van der Waals surface area contributed by atoms with Crippen LogP contribution in [0, 0.1) is 0 Å². The Morgan fingerprint density at radius 1 is 1.47 bits per heavy atom. The van der Waals surface area contributed by atoms with Gasteiger partial charge in [0.15, 0.2) is 0 Å². The van der Waals surface area contributed by atoms with Gasteiger partial charge in [-0.3, -0.25) is 4.90 Å². The molecule has 1 fully saturated rings. The SMILES string of the molecule is COC(=O)/C=C/N1C(=O)OCC1Cc1ccccc1. The third-order valence-electron chi connectivity index (χ3n) is 2.89. The molecule has 1 heterocycles. The highest BCUT2D eigenvalue weighted by atomic mass is 16.6. The number of nitrogens with zero attached hydrogens (tertiary/aromatic N) is 1. The van der Waals surface area contributed by atoms with Gasteiger partial charge in [-0.25, -0.2) is 9.59 Å². The fourth-order valence-corrected chi connectivity index (χ4v) is 1.91. The van der Waals surface area contributed by atoms with Crippen molar-refractivity contribution in [3.63, 3.8) is 0 Å². The van der Waals surface area contributed by atoms with Crippen molar-refractivity contribution in [2.75, 3.05) is 13.7 Å². The van der Waals surface area contributed by atoms with Gasteiger partial charge < -0.3 is 9.47 Å². The lowest BCUT2D eigenvalue weighted by molar-refractivity contribution is -0.134. The van der Waals surface area contributed by atoms with Crippen molar-refractivity contribution in [2.24, 2.45) is 0 Å². The van der Waals surface area contributed by atoms with Gasteiger partial charge in [-0.15, -0.1) is 0 Å². The zero-order chi connectivity index (χ0) is 13.7. The molecule has 0 aliphatic carbocycles. The molecule has 1 amide bonds. The van der Waals surface area contributed by atoms with E-state index in [4.69, 9.17) is 4.74 Å². The average molecular weight is 261 g/mol. The topological polar surface area (TPSA) is 55.8 Å². The summed E-state index contributed by atoms with van der Waals surface area (Å²) >= 11 is 0. The van der Waals surface area contributed by atoms with Gasteiger partial charge in [0.05, 0.1) is 13.2 Å². The summed E-state index contributed by atoms with van der Waals surface area (Å²) in [6, 6.07) is 9.71. The van der Waals surface area contributed by atoms with Crippen molar-refractivity contribution in [1.82, 2.24) is 4.90 Å². The standard InChI is InChI=1S/C14H15NO4/c1-18-13(16)7-8-15-12(10-19-14(15)17)9-11-5-3-2-4-6-11/h2-8,12H,9-10H2,1H3/b8-7+. The first-order valence-corrected chi connectivity index (χ1v) is 5.96. The smallest absolute Gasteiger partial charge is 0.414 e. The van der Waals surface area contributed by atoms with Crippen molar-refractivity contribution >= 4 is 12.1 Å². The molecule has 1 aliphatic rings. The van der Waals surface area contributed by atoms with Gasteiger partial charge in [0.25, 0.3) is 0 Å². The van der Waals surface area contributed by atoms with E-state index in [0.29, 0.717) is 13.0 Å². The molecule has 1 aromatic carbocycles. The van der Waals surface area contributed by atoms with E-state index in [-0.39, 0.29) is 6.04 Å². The van der Waals surface area contributed by atoms with Crippen molar-refractivity contribution < 1.29 is 19.1 Å². The number of esters is 1. The number of benzene rings is 1. The van der Waals surface area contributed by atoms with Crippen LogP contribution in [0.4, 0.5) is 4.79 Å². The fourth-order valence-electron chi connectivity index (χ4n) is 1.91. The summed E-state index contributed by atoms with van der Waals surface area (Å²) in [6.45, 7) is 0.319. The minimum absolute atomic E-state index is 0.101. The van der Waals surface area contributed by atoms with E-state index in [1.54, 1.807) is 0 Å². The molecule has 5 nitrogen and oxygen atoms in total. The van der Waals surface area contributed by atoms with E-state index in [9.17, 15) is 9.59 Å². The fraction of sp³-hybridized carbons (Fsp3) is 0.286. The van der Waals surface area contributed by atoms with Crippen LogP contribution in [0.3, 0.4) is 0 Å². The van der Waals surface area contributed by atoms with Crippen LogP contribution in [0.1, 0.15) is 5.56 Å². The summed E-state index contributed by atoms with van der Waals surface area (Å²) in [5.41, 5.74) is 1.11. The Morgan fingerprint density at radius 3 is 2.89 bits per heavy atom. The van der Waals surface area contributed by atoms with Gasteiger partial charge in [0, 0.05) is 12.3 Å². The Balaban J connectivity index is 2.05. The second-order valence-corrected chi connectivity index (χ2v) is 4.17. The Hall–Kier alpha value is -2.30. The number of hydrogen-bond acceptors (Lipinski definition) is 4. The molecule has 0 saturated carbocycles. The number of methoxy groups -OCH3 is 1. The molecule has 1 aromatic rings. The molecule has 1 aliphatic heterocycles. The van der Waals surface area contributed by atoms with E-state index in [1.807, 2.05) is 30.3 Å². The van der Waals surface area contributed by atoms with Crippen LogP contribution >= 0.6 is 0 Å². The second-order valence-electron chi connectivity index (χ2n) is 4.17. The van der Waals surface area contributed by atoms with Crippen LogP contribution in [0.5, 0.6) is 0 Å². The number of ether oxygens (including phenoxy) is 2. The highest BCUT2D eigenvalue weighted by Crippen LogP contribution is 2.17. The van der Waals surface area contributed by atoms with Gasteiger partial charge >= 0.3 is 12.1 Å². The molecule has 1 unspecified atom stereocenters. The summed E-state index contributed by atoms with van der Waals surface area (Å²) < 4.78 is 9.49. The van der Waals surface area contributed by atoms with E-state index in [2.05, 4.69) is 4.74 Å². The normalized spacial score (nSPS) is 18.7. The summed E-state index contributed by atoms with van der Waals surface area (Å²) in [7, 11) is 1.29. The Morgan fingerprint density at radius 2 is 2.21 bits per heavy atom. The molecule has 0 N–H and O–H groups in total. The number of amides is 1. The molecule has 0 radical (unpaired) electrons. The minimum atomic E-state index is -0.502. The zero-order valence-corrected chi connectivity index (χ0v) is 10.6. The minimum Gasteiger partial charge on any atom is -0.466 e. The van der Waals surface area contributed by atoms with E-state index in [0.717, 1.165) is 5.56 Å². The number of carbonyl (C=O) groups is 2. The molecule has 1 atom stereocenters. The number of cyclic esters (lactones) is 1. The van der Waals surface area contributed by atoms with E-state index < -0.39 is 12.1 Å². The van der Waals surface area contributed by atoms with Crippen LogP contribution in [0.2, 0.25) is 0 Å². The van der Waals surface area contributed by atoms with Gasteiger partial charge in [-0.05, 0) is 12.0 Å². The van der Waals surface area contributed by atoms with Crippen molar-refractivity contribution in [3.05, 3.63) is 48.2 Å². The first-order chi connectivity index (χ1) is 9.20. The van der Waals surface area contributed by atoms with E-state index >= 15 is 0 Å². The number of carbonyl (C=O) groups excluding carboxylic acids is 2.